The van der Waals surface area contributed by atoms with Crippen molar-refractivity contribution in [1.82, 2.24) is 0 Å². The molecule has 0 radical (unpaired) electrons. The molecule has 0 spiro atoms. The molecule has 0 aromatic carbocycles. The van der Waals surface area contributed by atoms with Crippen LogP contribution in [0.15, 0.2) is 0 Å². The van der Waals surface area contributed by atoms with Crippen LogP contribution in [0.2, 0.25) is 0 Å². The van der Waals surface area contributed by atoms with Crippen LogP contribution < -0.4 is 0 Å². The molecule has 0 amide bonds. The number of rotatable bonds is 0. The van der Waals surface area contributed by atoms with Gasteiger partial charge in [0.25, 0.3) is 0 Å². The molecule has 0 aliphatic carbocycles. The fourth-order valence-electron chi connectivity index (χ4n) is 0.706. The highest BCUT2D eigenvalue weighted by molar-refractivity contribution is 7.80. The van der Waals surface area contributed by atoms with Gasteiger partial charge in [-0.1, -0.05) is 5.92 Å². The van der Waals surface area contributed by atoms with Crippen LogP contribution in [0.25, 0.3) is 0 Å². The van der Waals surface area contributed by atoms with E-state index in [1.807, 2.05) is 0 Å². The minimum absolute atomic E-state index is 0.204. The van der Waals surface area contributed by atoms with Gasteiger partial charge in [-0.3, -0.25) is 4.18 Å². The van der Waals surface area contributed by atoms with Crippen molar-refractivity contribution in [2.45, 2.75) is 6.92 Å². The third-order valence-electron chi connectivity index (χ3n) is 1.09. The van der Waals surface area contributed by atoms with Crippen LogP contribution >= 0.6 is 0 Å². The van der Waals surface area contributed by atoms with E-state index in [1.54, 1.807) is 6.92 Å². The Balaban J connectivity index is 2.45. The van der Waals surface area contributed by atoms with Crippen molar-refractivity contribution in [3.8, 4) is 11.8 Å². The van der Waals surface area contributed by atoms with E-state index in [9.17, 15) is 4.21 Å². The number of hydrogen-bond acceptors (Lipinski definition) is 2. The highest BCUT2D eigenvalue weighted by Crippen LogP contribution is 2.09. The molecular weight excluding hydrogens is 136 g/mol. The Morgan fingerprint density at radius 1 is 1.78 bits per heavy atom. The fourth-order valence-corrected chi connectivity index (χ4v) is 1.63. The normalized spacial score (nSPS) is 33.4. The lowest BCUT2D eigenvalue weighted by Crippen LogP contribution is -1.98. The molecule has 1 saturated heterocycles. The van der Waals surface area contributed by atoms with Gasteiger partial charge in [0.1, 0.15) is 0 Å². The van der Waals surface area contributed by atoms with Crippen LogP contribution in [0, 0.1) is 17.8 Å². The van der Waals surface area contributed by atoms with E-state index in [0.717, 1.165) is 0 Å². The SMILES string of the molecule is CC#CC1COS(=O)C1. The van der Waals surface area contributed by atoms with Gasteiger partial charge in [-0.2, -0.15) is 0 Å². The summed E-state index contributed by atoms with van der Waals surface area (Å²) in [5, 5.41) is 0. The van der Waals surface area contributed by atoms with E-state index in [4.69, 9.17) is 4.18 Å². The Morgan fingerprint density at radius 3 is 3.00 bits per heavy atom. The van der Waals surface area contributed by atoms with Gasteiger partial charge in [0, 0.05) is 0 Å². The van der Waals surface area contributed by atoms with Crippen molar-refractivity contribution in [3.05, 3.63) is 0 Å². The van der Waals surface area contributed by atoms with Crippen LogP contribution in [0.4, 0.5) is 0 Å². The summed E-state index contributed by atoms with van der Waals surface area (Å²) in [5.74, 6) is 6.46. The van der Waals surface area contributed by atoms with Crippen LogP contribution in [0.5, 0.6) is 0 Å². The predicted molar refractivity (Wildman–Crippen MR) is 35.9 cm³/mol. The first-order valence-electron chi connectivity index (χ1n) is 2.77. The number of hydrogen-bond donors (Lipinski definition) is 0. The van der Waals surface area contributed by atoms with E-state index in [0.29, 0.717) is 12.4 Å². The van der Waals surface area contributed by atoms with E-state index in [2.05, 4.69) is 11.8 Å². The predicted octanol–water partition coefficient (Wildman–Crippen LogP) is 0.320. The Bertz CT molecular complexity index is 177. The third-order valence-corrected chi connectivity index (χ3v) is 2.16. The summed E-state index contributed by atoms with van der Waals surface area (Å²) in [6.07, 6.45) is 0. The van der Waals surface area contributed by atoms with Crippen LogP contribution in [-0.2, 0) is 15.3 Å². The zero-order valence-corrected chi connectivity index (χ0v) is 6.03. The van der Waals surface area contributed by atoms with E-state index in [-0.39, 0.29) is 5.92 Å². The molecule has 0 aromatic rings. The maximum Gasteiger partial charge on any atom is 0.156 e. The van der Waals surface area contributed by atoms with Gasteiger partial charge in [0.15, 0.2) is 11.1 Å². The molecule has 2 nitrogen and oxygen atoms in total. The van der Waals surface area contributed by atoms with E-state index >= 15 is 0 Å². The largest absolute Gasteiger partial charge is 0.289 e. The lowest BCUT2D eigenvalue weighted by Gasteiger charge is -1.88. The first-order chi connectivity index (χ1) is 4.33. The molecule has 0 bridgehead atoms. The summed E-state index contributed by atoms with van der Waals surface area (Å²) >= 11 is -1.06. The van der Waals surface area contributed by atoms with Crippen molar-refractivity contribution in [1.29, 1.82) is 0 Å². The second-order valence-electron chi connectivity index (χ2n) is 1.85. The summed E-state index contributed by atoms with van der Waals surface area (Å²) in [4.78, 5) is 0. The van der Waals surface area contributed by atoms with Gasteiger partial charge in [-0.15, -0.1) is 5.92 Å². The van der Waals surface area contributed by atoms with Crippen molar-refractivity contribution in [3.63, 3.8) is 0 Å². The molecular formula is C6H8O2S. The molecule has 1 aliphatic rings. The van der Waals surface area contributed by atoms with Crippen molar-refractivity contribution in [2.75, 3.05) is 12.4 Å². The molecule has 2 atom stereocenters. The average molecular weight is 144 g/mol. The molecule has 0 saturated carbocycles. The molecule has 0 N–H and O–H groups in total. The van der Waals surface area contributed by atoms with Crippen molar-refractivity contribution in [2.24, 2.45) is 5.92 Å². The summed E-state index contributed by atoms with van der Waals surface area (Å²) in [6, 6.07) is 0. The topological polar surface area (TPSA) is 26.3 Å². The second kappa shape index (κ2) is 3.00. The lowest BCUT2D eigenvalue weighted by atomic mass is 10.2. The van der Waals surface area contributed by atoms with Gasteiger partial charge in [0.2, 0.25) is 0 Å². The quantitative estimate of drug-likeness (QED) is 0.458. The van der Waals surface area contributed by atoms with E-state index < -0.39 is 11.1 Å². The van der Waals surface area contributed by atoms with Gasteiger partial charge >= 0.3 is 0 Å². The minimum atomic E-state index is -1.06. The molecule has 1 aliphatic heterocycles. The van der Waals surface area contributed by atoms with Crippen molar-refractivity contribution < 1.29 is 8.39 Å². The summed E-state index contributed by atoms with van der Waals surface area (Å²) in [7, 11) is 0. The Morgan fingerprint density at radius 2 is 2.56 bits per heavy atom. The smallest absolute Gasteiger partial charge is 0.156 e. The van der Waals surface area contributed by atoms with Gasteiger partial charge in [0.05, 0.1) is 18.3 Å². The third kappa shape index (κ3) is 1.81. The zero-order valence-electron chi connectivity index (χ0n) is 5.22. The molecule has 2 unspecified atom stereocenters. The standard InChI is InChI=1S/C6H8O2S/c1-2-3-6-4-8-9(7)5-6/h6H,4-5H2,1H3. The molecule has 1 fully saturated rings. The Kier molecular flexibility index (Phi) is 2.26. The van der Waals surface area contributed by atoms with Crippen LogP contribution in [-0.4, -0.2) is 16.6 Å². The Hall–Kier alpha value is -0.330. The van der Waals surface area contributed by atoms with Gasteiger partial charge < -0.3 is 0 Å². The maximum atomic E-state index is 10.5. The fraction of sp³-hybridized carbons (Fsp3) is 0.667. The monoisotopic (exact) mass is 144 g/mol. The molecule has 50 valence electrons. The summed E-state index contributed by atoms with van der Waals surface area (Å²) < 4.78 is 15.3. The first kappa shape index (κ1) is 6.79. The van der Waals surface area contributed by atoms with E-state index in [1.165, 1.54) is 0 Å². The lowest BCUT2D eigenvalue weighted by molar-refractivity contribution is 0.357. The highest BCUT2D eigenvalue weighted by atomic mass is 32.2. The highest BCUT2D eigenvalue weighted by Gasteiger charge is 2.19. The summed E-state index contributed by atoms with van der Waals surface area (Å²) in [5.41, 5.74) is 0. The Labute approximate surface area is 57.3 Å². The van der Waals surface area contributed by atoms with Crippen molar-refractivity contribution >= 4 is 11.1 Å². The summed E-state index contributed by atoms with van der Waals surface area (Å²) in [6.45, 7) is 2.31. The van der Waals surface area contributed by atoms with Crippen LogP contribution in [0.1, 0.15) is 6.92 Å². The average Bonchev–Trinajstić information content (AvgIpc) is 2.17. The van der Waals surface area contributed by atoms with Crippen LogP contribution in [0.3, 0.4) is 0 Å². The molecule has 1 heterocycles. The van der Waals surface area contributed by atoms with Gasteiger partial charge in [-0.25, -0.2) is 4.21 Å². The molecule has 9 heavy (non-hydrogen) atoms. The molecule has 1 rings (SSSR count). The molecule has 0 aromatic heterocycles. The second-order valence-corrected chi connectivity index (χ2v) is 3.02. The maximum absolute atomic E-state index is 10.5. The zero-order chi connectivity index (χ0) is 6.69. The molecule has 3 heteroatoms. The minimum Gasteiger partial charge on any atom is -0.289 e. The first-order valence-corrected chi connectivity index (χ1v) is 4.01. The van der Waals surface area contributed by atoms with Gasteiger partial charge in [-0.05, 0) is 6.92 Å².